The summed E-state index contributed by atoms with van der Waals surface area (Å²) < 4.78 is 12.8. The summed E-state index contributed by atoms with van der Waals surface area (Å²) in [6.07, 6.45) is 4.42. The van der Waals surface area contributed by atoms with Crippen LogP contribution in [0.2, 0.25) is 0 Å². The Balaban J connectivity index is 2.42. The van der Waals surface area contributed by atoms with E-state index in [1.54, 1.807) is 6.07 Å². The van der Waals surface area contributed by atoms with Gasteiger partial charge in [0.2, 0.25) is 0 Å². The fraction of sp³-hybridized carbons (Fsp3) is 0.500. The highest BCUT2D eigenvalue weighted by Crippen LogP contribution is 2.13. The van der Waals surface area contributed by atoms with Crippen LogP contribution in [0, 0.1) is 12.7 Å². The largest absolute Gasteiger partial charge is 0.330 e. The van der Waals surface area contributed by atoms with E-state index in [1.807, 2.05) is 13.0 Å². The third-order valence-corrected chi connectivity index (χ3v) is 2.45. The van der Waals surface area contributed by atoms with Gasteiger partial charge in [0.25, 0.3) is 0 Å². The molecule has 0 saturated carbocycles. The molecule has 1 nitrogen and oxygen atoms in total. The zero-order valence-corrected chi connectivity index (χ0v) is 8.72. The fourth-order valence-electron chi connectivity index (χ4n) is 1.58. The lowest BCUT2D eigenvalue weighted by Gasteiger charge is -2.05. The van der Waals surface area contributed by atoms with Crippen LogP contribution in [-0.2, 0) is 6.42 Å². The van der Waals surface area contributed by atoms with Crippen molar-refractivity contribution in [3.63, 3.8) is 0 Å². The molecule has 0 fully saturated rings. The molecule has 0 aliphatic rings. The number of hydrogen-bond acceptors (Lipinski definition) is 1. The van der Waals surface area contributed by atoms with Crippen LogP contribution in [-0.4, -0.2) is 6.54 Å². The topological polar surface area (TPSA) is 26.0 Å². The molecule has 0 amide bonds. The molecule has 1 rings (SSSR count). The Bertz CT molecular complexity index is 284. The van der Waals surface area contributed by atoms with E-state index in [1.165, 1.54) is 11.6 Å². The molecule has 0 aliphatic heterocycles. The summed E-state index contributed by atoms with van der Waals surface area (Å²) in [4.78, 5) is 0. The second-order valence-corrected chi connectivity index (χ2v) is 3.67. The Morgan fingerprint density at radius 3 is 2.64 bits per heavy atom. The molecular weight excluding hydrogens is 177 g/mol. The number of halogens is 1. The zero-order chi connectivity index (χ0) is 10.4. The first-order valence-electron chi connectivity index (χ1n) is 5.19. The highest BCUT2D eigenvalue weighted by molar-refractivity contribution is 5.26. The number of hydrogen-bond donors (Lipinski definition) is 1. The van der Waals surface area contributed by atoms with E-state index < -0.39 is 0 Å². The van der Waals surface area contributed by atoms with Crippen molar-refractivity contribution in [2.45, 2.75) is 32.6 Å². The number of aryl methyl sites for hydroxylation is 2. The van der Waals surface area contributed by atoms with Gasteiger partial charge in [-0.2, -0.15) is 0 Å². The normalized spacial score (nSPS) is 10.5. The molecule has 78 valence electrons. The lowest BCUT2D eigenvalue weighted by molar-refractivity contribution is 0.624. The Morgan fingerprint density at radius 1 is 1.21 bits per heavy atom. The van der Waals surface area contributed by atoms with Crippen molar-refractivity contribution >= 4 is 0 Å². The van der Waals surface area contributed by atoms with Crippen LogP contribution >= 0.6 is 0 Å². The monoisotopic (exact) mass is 195 g/mol. The maximum absolute atomic E-state index is 12.8. The summed E-state index contributed by atoms with van der Waals surface area (Å²) in [5.74, 6) is -0.145. The third kappa shape index (κ3) is 3.46. The average molecular weight is 195 g/mol. The first-order chi connectivity index (χ1) is 6.74. The Hall–Kier alpha value is -0.890. The molecule has 2 N–H and O–H groups in total. The van der Waals surface area contributed by atoms with Crippen LogP contribution in [0.1, 0.15) is 30.4 Å². The van der Waals surface area contributed by atoms with Crippen LogP contribution in [0.5, 0.6) is 0 Å². The first kappa shape index (κ1) is 11.2. The molecule has 1 aromatic rings. The summed E-state index contributed by atoms with van der Waals surface area (Å²) in [5.41, 5.74) is 7.71. The molecule has 1 aromatic carbocycles. The molecule has 14 heavy (non-hydrogen) atoms. The van der Waals surface area contributed by atoms with Crippen molar-refractivity contribution < 1.29 is 4.39 Å². The van der Waals surface area contributed by atoms with Gasteiger partial charge in [0.15, 0.2) is 0 Å². The van der Waals surface area contributed by atoms with Crippen LogP contribution in [0.25, 0.3) is 0 Å². The summed E-state index contributed by atoms with van der Waals surface area (Å²) in [7, 11) is 0. The fourth-order valence-corrected chi connectivity index (χ4v) is 1.58. The van der Waals surface area contributed by atoms with Gasteiger partial charge in [0.1, 0.15) is 5.82 Å². The number of benzene rings is 1. The molecule has 0 aromatic heterocycles. The Morgan fingerprint density at radius 2 is 2.00 bits per heavy atom. The van der Waals surface area contributed by atoms with E-state index in [0.29, 0.717) is 0 Å². The van der Waals surface area contributed by atoms with E-state index in [2.05, 4.69) is 0 Å². The summed E-state index contributed by atoms with van der Waals surface area (Å²) >= 11 is 0. The minimum Gasteiger partial charge on any atom is -0.330 e. The smallest absolute Gasteiger partial charge is 0.123 e. The quantitative estimate of drug-likeness (QED) is 0.718. The lowest BCUT2D eigenvalue weighted by atomic mass is 10.0. The van der Waals surface area contributed by atoms with Crippen molar-refractivity contribution in [3.05, 3.63) is 35.1 Å². The van der Waals surface area contributed by atoms with Crippen molar-refractivity contribution in [2.75, 3.05) is 6.54 Å². The minimum absolute atomic E-state index is 0.145. The number of rotatable bonds is 5. The molecular formula is C12H18FN. The van der Waals surface area contributed by atoms with Gasteiger partial charge < -0.3 is 5.73 Å². The lowest BCUT2D eigenvalue weighted by Crippen LogP contribution is -1.98. The van der Waals surface area contributed by atoms with Gasteiger partial charge >= 0.3 is 0 Å². The Labute approximate surface area is 85.1 Å². The number of unbranched alkanes of at least 4 members (excludes halogenated alkanes) is 2. The van der Waals surface area contributed by atoms with Crippen LogP contribution in [0.15, 0.2) is 18.2 Å². The van der Waals surface area contributed by atoms with Gasteiger partial charge in [0.05, 0.1) is 0 Å². The third-order valence-electron chi connectivity index (χ3n) is 2.45. The first-order valence-corrected chi connectivity index (χ1v) is 5.19. The average Bonchev–Trinajstić information content (AvgIpc) is 2.15. The Kier molecular flexibility index (Phi) is 4.60. The van der Waals surface area contributed by atoms with Gasteiger partial charge in [-0.3, -0.25) is 0 Å². The molecule has 0 radical (unpaired) electrons. The van der Waals surface area contributed by atoms with E-state index in [0.717, 1.165) is 37.8 Å². The second-order valence-electron chi connectivity index (χ2n) is 3.67. The number of nitrogens with two attached hydrogens (primary N) is 1. The molecule has 0 heterocycles. The van der Waals surface area contributed by atoms with Crippen LogP contribution in [0.4, 0.5) is 4.39 Å². The maximum atomic E-state index is 12.8. The van der Waals surface area contributed by atoms with Gasteiger partial charge in [-0.25, -0.2) is 4.39 Å². The highest BCUT2D eigenvalue weighted by Gasteiger charge is 1.99. The zero-order valence-electron chi connectivity index (χ0n) is 8.72. The highest BCUT2D eigenvalue weighted by atomic mass is 19.1. The van der Waals surface area contributed by atoms with Gasteiger partial charge in [-0.1, -0.05) is 12.5 Å². The van der Waals surface area contributed by atoms with Crippen molar-refractivity contribution in [1.82, 2.24) is 0 Å². The van der Waals surface area contributed by atoms with E-state index >= 15 is 0 Å². The van der Waals surface area contributed by atoms with E-state index in [-0.39, 0.29) is 5.82 Å². The molecule has 2 heteroatoms. The molecule has 0 unspecified atom stereocenters. The summed E-state index contributed by atoms with van der Waals surface area (Å²) in [5, 5.41) is 0. The standard InChI is InChI=1S/C12H18FN/c1-10-9-12(13)7-6-11(10)5-3-2-4-8-14/h6-7,9H,2-5,8,14H2,1H3. The molecule has 0 aliphatic carbocycles. The van der Waals surface area contributed by atoms with E-state index in [4.69, 9.17) is 5.73 Å². The predicted octanol–water partition coefficient (Wildman–Crippen LogP) is 2.81. The summed E-state index contributed by atoms with van der Waals surface area (Å²) in [6.45, 7) is 2.73. The van der Waals surface area contributed by atoms with Crippen molar-refractivity contribution in [2.24, 2.45) is 5.73 Å². The van der Waals surface area contributed by atoms with Crippen molar-refractivity contribution in [1.29, 1.82) is 0 Å². The SMILES string of the molecule is Cc1cc(F)ccc1CCCCCN. The minimum atomic E-state index is -0.145. The van der Waals surface area contributed by atoms with Crippen molar-refractivity contribution in [3.8, 4) is 0 Å². The van der Waals surface area contributed by atoms with Crippen LogP contribution < -0.4 is 5.73 Å². The molecule has 0 saturated heterocycles. The van der Waals surface area contributed by atoms with Crippen LogP contribution in [0.3, 0.4) is 0 Å². The van der Waals surface area contributed by atoms with Gasteiger partial charge in [-0.15, -0.1) is 0 Å². The molecule has 0 atom stereocenters. The van der Waals surface area contributed by atoms with E-state index in [9.17, 15) is 4.39 Å². The second kappa shape index (κ2) is 5.76. The van der Waals surface area contributed by atoms with Gasteiger partial charge in [-0.05, 0) is 56.0 Å². The van der Waals surface area contributed by atoms with Gasteiger partial charge in [0, 0.05) is 0 Å². The molecule has 0 spiro atoms. The predicted molar refractivity (Wildman–Crippen MR) is 57.7 cm³/mol. The molecule has 0 bridgehead atoms. The summed E-state index contributed by atoms with van der Waals surface area (Å²) in [6, 6.07) is 5.01. The maximum Gasteiger partial charge on any atom is 0.123 e.